The molecule has 3 N–H and O–H groups in total. The van der Waals surface area contributed by atoms with Crippen LogP contribution in [0.25, 0.3) is 0 Å². The standard InChI is InChI=1S/C8H14N2S/c9-8(11)10-7-4-5-1-2-6(7)3-5/h5-7H,1-4H2,(H3,9,10,11)/t5-,6+,7+/m0/s1. The summed E-state index contributed by atoms with van der Waals surface area (Å²) in [6, 6.07) is 0.603. The monoisotopic (exact) mass is 170 g/mol. The van der Waals surface area contributed by atoms with Crippen molar-refractivity contribution in [2.24, 2.45) is 17.6 Å². The first-order valence-corrected chi connectivity index (χ1v) is 4.72. The number of nitrogens with two attached hydrogens (primary N) is 1. The highest BCUT2D eigenvalue weighted by Gasteiger charge is 2.39. The molecule has 2 aliphatic carbocycles. The van der Waals surface area contributed by atoms with Crippen LogP contribution in [-0.2, 0) is 0 Å². The second-order valence-corrected chi connectivity index (χ2v) is 4.23. The van der Waals surface area contributed by atoms with Gasteiger partial charge >= 0.3 is 0 Å². The molecule has 2 rings (SSSR count). The third-order valence-corrected chi connectivity index (χ3v) is 3.18. The van der Waals surface area contributed by atoms with Crippen LogP contribution >= 0.6 is 12.2 Å². The molecule has 11 heavy (non-hydrogen) atoms. The molecule has 3 atom stereocenters. The van der Waals surface area contributed by atoms with Crippen molar-refractivity contribution in [2.45, 2.75) is 31.7 Å². The number of rotatable bonds is 1. The van der Waals surface area contributed by atoms with E-state index in [-0.39, 0.29) is 0 Å². The van der Waals surface area contributed by atoms with Gasteiger partial charge in [-0.1, -0.05) is 6.42 Å². The lowest BCUT2D eigenvalue weighted by Gasteiger charge is -2.22. The van der Waals surface area contributed by atoms with Crippen LogP contribution in [0.15, 0.2) is 0 Å². The molecular weight excluding hydrogens is 156 g/mol. The summed E-state index contributed by atoms with van der Waals surface area (Å²) in [6.45, 7) is 0. The maximum absolute atomic E-state index is 5.42. The van der Waals surface area contributed by atoms with Gasteiger partial charge in [0.25, 0.3) is 0 Å². The first-order chi connectivity index (χ1) is 5.25. The van der Waals surface area contributed by atoms with Crippen molar-refractivity contribution in [3.05, 3.63) is 0 Å². The van der Waals surface area contributed by atoms with Crippen molar-refractivity contribution in [1.29, 1.82) is 0 Å². The molecule has 0 heterocycles. The zero-order valence-corrected chi connectivity index (χ0v) is 7.36. The second-order valence-electron chi connectivity index (χ2n) is 3.79. The zero-order chi connectivity index (χ0) is 7.84. The molecule has 2 saturated carbocycles. The van der Waals surface area contributed by atoms with Gasteiger partial charge in [-0.05, 0) is 43.3 Å². The summed E-state index contributed by atoms with van der Waals surface area (Å²) in [6.07, 6.45) is 5.51. The van der Waals surface area contributed by atoms with E-state index in [4.69, 9.17) is 18.0 Å². The normalized spacial score (nSPS) is 40.9. The van der Waals surface area contributed by atoms with Crippen molar-refractivity contribution >= 4 is 17.3 Å². The van der Waals surface area contributed by atoms with Gasteiger partial charge in [0.2, 0.25) is 0 Å². The molecule has 0 unspecified atom stereocenters. The van der Waals surface area contributed by atoms with Crippen LogP contribution in [0.2, 0.25) is 0 Å². The van der Waals surface area contributed by atoms with Crippen molar-refractivity contribution < 1.29 is 0 Å². The molecule has 3 heteroatoms. The van der Waals surface area contributed by atoms with E-state index in [0.717, 1.165) is 11.8 Å². The van der Waals surface area contributed by atoms with Crippen molar-refractivity contribution in [1.82, 2.24) is 5.32 Å². The highest BCUT2D eigenvalue weighted by Crippen LogP contribution is 2.44. The Hall–Kier alpha value is -0.310. The Morgan fingerprint density at radius 1 is 1.36 bits per heavy atom. The molecule has 0 saturated heterocycles. The Balaban J connectivity index is 1.92. The van der Waals surface area contributed by atoms with Crippen LogP contribution in [0.5, 0.6) is 0 Å². The topological polar surface area (TPSA) is 38.0 Å². The minimum atomic E-state index is 0.475. The predicted molar refractivity (Wildman–Crippen MR) is 49.2 cm³/mol. The molecule has 0 amide bonds. The average Bonchev–Trinajstić information content (AvgIpc) is 2.45. The molecule has 0 radical (unpaired) electrons. The molecule has 2 aliphatic rings. The van der Waals surface area contributed by atoms with Crippen LogP contribution in [0.1, 0.15) is 25.7 Å². The highest BCUT2D eigenvalue weighted by molar-refractivity contribution is 7.80. The zero-order valence-electron chi connectivity index (χ0n) is 6.55. The lowest BCUT2D eigenvalue weighted by atomic mass is 9.96. The fourth-order valence-electron chi connectivity index (χ4n) is 2.60. The molecule has 2 fully saturated rings. The van der Waals surface area contributed by atoms with Crippen molar-refractivity contribution in [3.63, 3.8) is 0 Å². The van der Waals surface area contributed by atoms with E-state index in [2.05, 4.69) is 5.32 Å². The van der Waals surface area contributed by atoms with E-state index in [1.807, 2.05) is 0 Å². The Morgan fingerprint density at radius 2 is 2.18 bits per heavy atom. The van der Waals surface area contributed by atoms with E-state index >= 15 is 0 Å². The molecule has 0 aromatic carbocycles. The van der Waals surface area contributed by atoms with E-state index in [1.54, 1.807) is 0 Å². The molecule has 2 bridgehead atoms. The van der Waals surface area contributed by atoms with E-state index in [1.165, 1.54) is 25.7 Å². The van der Waals surface area contributed by atoms with Crippen molar-refractivity contribution in [3.8, 4) is 0 Å². The van der Waals surface area contributed by atoms with Gasteiger partial charge in [0.15, 0.2) is 5.11 Å². The Bertz CT molecular complexity index is 181. The molecule has 0 spiro atoms. The molecule has 0 aromatic rings. The summed E-state index contributed by atoms with van der Waals surface area (Å²) in [5.74, 6) is 1.83. The van der Waals surface area contributed by atoms with Gasteiger partial charge in [-0.15, -0.1) is 0 Å². The van der Waals surface area contributed by atoms with E-state index < -0.39 is 0 Å². The van der Waals surface area contributed by atoms with Crippen LogP contribution in [0.3, 0.4) is 0 Å². The molecule has 62 valence electrons. The molecule has 2 nitrogen and oxygen atoms in total. The first kappa shape index (κ1) is 7.35. The third kappa shape index (κ3) is 1.34. The fraction of sp³-hybridized carbons (Fsp3) is 0.875. The quantitative estimate of drug-likeness (QED) is 0.577. The molecular formula is C8H14N2S. The summed E-state index contributed by atoms with van der Waals surface area (Å²) in [5, 5.41) is 3.66. The van der Waals surface area contributed by atoms with Gasteiger partial charge in [-0.3, -0.25) is 0 Å². The van der Waals surface area contributed by atoms with E-state index in [0.29, 0.717) is 11.2 Å². The SMILES string of the molecule is NC(=S)N[C@@H]1C[C@H]2CC[C@@H]1C2. The minimum Gasteiger partial charge on any atom is -0.376 e. The summed E-state index contributed by atoms with van der Waals surface area (Å²) in [5.41, 5.74) is 5.42. The molecule has 0 aromatic heterocycles. The van der Waals surface area contributed by atoms with Crippen LogP contribution < -0.4 is 11.1 Å². The largest absolute Gasteiger partial charge is 0.376 e. The lowest BCUT2D eigenvalue weighted by Crippen LogP contribution is -2.41. The second kappa shape index (κ2) is 2.63. The highest BCUT2D eigenvalue weighted by atomic mass is 32.1. The molecule has 0 aliphatic heterocycles. The average molecular weight is 170 g/mol. The maximum Gasteiger partial charge on any atom is 0.163 e. The Labute approximate surface area is 72.5 Å². The van der Waals surface area contributed by atoms with Crippen molar-refractivity contribution in [2.75, 3.05) is 0 Å². The van der Waals surface area contributed by atoms with Gasteiger partial charge in [-0.2, -0.15) is 0 Å². The number of fused-ring (bicyclic) bond motifs is 2. The predicted octanol–water partition coefficient (Wildman–Crippen LogP) is 1.01. The van der Waals surface area contributed by atoms with Crippen LogP contribution in [0, 0.1) is 11.8 Å². The summed E-state index contributed by atoms with van der Waals surface area (Å²) < 4.78 is 0. The Kier molecular flexibility index (Phi) is 1.75. The Morgan fingerprint density at radius 3 is 2.64 bits per heavy atom. The maximum atomic E-state index is 5.42. The number of thiocarbonyl (C=S) groups is 1. The van der Waals surface area contributed by atoms with Crippen LogP contribution in [0.4, 0.5) is 0 Å². The van der Waals surface area contributed by atoms with Gasteiger partial charge < -0.3 is 11.1 Å². The summed E-state index contributed by atoms with van der Waals surface area (Å²) in [4.78, 5) is 0. The minimum absolute atomic E-state index is 0.475. The third-order valence-electron chi connectivity index (χ3n) is 3.07. The lowest BCUT2D eigenvalue weighted by molar-refractivity contribution is 0.391. The smallest absolute Gasteiger partial charge is 0.163 e. The van der Waals surface area contributed by atoms with E-state index in [9.17, 15) is 0 Å². The fourth-order valence-corrected chi connectivity index (χ4v) is 2.76. The number of hydrogen-bond donors (Lipinski definition) is 2. The van der Waals surface area contributed by atoms with Crippen LogP contribution in [-0.4, -0.2) is 11.2 Å². The van der Waals surface area contributed by atoms with Gasteiger partial charge in [0.1, 0.15) is 0 Å². The summed E-state index contributed by atoms with van der Waals surface area (Å²) >= 11 is 4.81. The van der Waals surface area contributed by atoms with Gasteiger partial charge in [-0.25, -0.2) is 0 Å². The van der Waals surface area contributed by atoms with Gasteiger partial charge in [0.05, 0.1) is 0 Å². The number of nitrogens with one attached hydrogen (secondary N) is 1. The van der Waals surface area contributed by atoms with Gasteiger partial charge in [0, 0.05) is 6.04 Å². The number of hydrogen-bond acceptors (Lipinski definition) is 1. The first-order valence-electron chi connectivity index (χ1n) is 4.31. The summed E-state index contributed by atoms with van der Waals surface area (Å²) in [7, 11) is 0.